The van der Waals surface area contributed by atoms with Gasteiger partial charge in [0.2, 0.25) is 5.95 Å². The van der Waals surface area contributed by atoms with Crippen LogP contribution in [0.2, 0.25) is 0 Å². The fourth-order valence-electron chi connectivity index (χ4n) is 6.35. The van der Waals surface area contributed by atoms with E-state index in [1.54, 1.807) is 12.3 Å². The number of piperidine rings is 1. The molecular weight excluding hydrogens is 457 g/mol. The van der Waals surface area contributed by atoms with Crippen molar-refractivity contribution in [2.45, 2.75) is 38.1 Å². The molecule has 1 fully saturated rings. The van der Waals surface area contributed by atoms with Crippen molar-refractivity contribution < 1.29 is 4.39 Å². The Bertz CT molecular complexity index is 1600. The summed E-state index contributed by atoms with van der Waals surface area (Å²) in [5.41, 5.74) is 11.5. The first-order valence-corrected chi connectivity index (χ1v) is 12.4. The van der Waals surface area contributed by atoms with Gasteiger partial charge in [0.25, 0.3) is 5.56 Å². The smallest absolute Gasteiger partial charge is 0.264 e. The quantitative estimate of drug-likeness (QED) is 0.401. The predicted molar refractivity (Wildman–Crippen MR) is 135 cm³/mol. The van der Waals surface area contributed by atoms with E-state index in [9.17, 15) is 4.79 Å². The highest BCUT2D eigenvalue weighted by Gasteiger charge is 2.46. The Kier molecular flexibility index (Phi) is 4.66. The fraction of sp³-hybridized carbons (Fsp3) is 0.333. The average molecular weight is 484 g/mol. The van der Waals surface area contributed by atoms with E-state index < -0.39 is 0 Å². The lowest BCUT2D eigenvalue weighted by Gasteiger charge is -2.42. The van der Waals surface area contributed by atoms with Gasteiger partial charge in [0, 0.05) is 48.6 Å². The Morgan fingerprint density at radius 1 is 1.11 bits per heavy atom. The number of nitrogens with two attached hydrogens (primary N) is 1. The number of allylic oxidation sites excluding steroid dienone is 1. The molecule has 1 spiro atoms. The van der Waals surface area contributed by atoms with Gasteiger partial charge in [-0.3, -0.25) is 19.9 Å². The summed E-state index contributed by atoms with van der Waals surface area (Å²) in [5.74, 6) is 0.212. The second-order valence-electron chi connectivity index (χ2n) is 10.2. The minimum Gasteiger partial charge on any atom is -0.342 e. The number of fused-ring (bicyclic) bond motifs is 3. The standard InChI is InChI=1S/C27H26FN7O/c28-18-7-8-19-17(6-3-11-30-19)20(18)22-21-24(34-33-22)31-26(32-25(21)36)35-12-9-27(10-13-35)14-15-4-1-2-5-16(15)23(27)29/h1-6,11,23H,7-10,12-14,29H2,(H2,31,32,33,34,36)/t23-/m1/s1. The molecule has 0 saturated carbocycles. The van der Waals surface area contributed by atoms with Crippen LogP contribution >= 0.6 is 0 Å². The van der Waals surface area contributed by atoms with Crippen LogP contribution in [-0.4, -0.2) is 38.2 Å². The molecule has 4 aromatic rings. The van der Waals surface area contributed by atoms with Crippen molar-refractivity contribution in [3.05, 3.63) is 86.9 Å². The molecule has 0 unspecified atom stereocenters. The summed E-state index contributed by atoms with van der Waals surface area (Å²) >= 11 is 0. The number of nitrogens with zero attached hydrogens (tertiary/aromatic N) is 4. The lowest BCUT2D eigenvalue weighted by molar-refractivity contribution is 0.187. The molecule has 0 amide bonds. The van der Waals surface area contributed by atoms with Crippen LogP contribution in [0.1, 0.15) is 53.4 Å². The number of rotatable bonds is 2. The van der Waals surface area contributed by atoms with Crippen LogP contribution in [0, 0.1) is 5.41 Å². The minimum atomic E-state index is -0.333. The Morgan fingerprint density at radius 2 is 1.94 bits per heavy atom. The minimum absolute atomic E-state index is 0.0246. The Morgan fingerprint density at radius 3 is 2.78 bits per heavy atom. The van der Waals surface area contributed by atoms with E-state index in [1.807, 2.05) is 6.07 Å². The van der Waals surface area contributed by atoms with E-state index >= 15 is 4.39 Å². The molecule has 0 bridgehead atoms. The fourth-order valence-corrected chi connectivity index (χ4v) is 6.35. The van der Waals surface area contributed by atoms with Gasteiger partial charge >= 0.3 is 0 Å². The highest BCUT2D eigenvalue weighted by atomic mass is 19.1. The zero-order chi connectivity index (χ0) is 24.4. The van der Waals surface area contributed by atoms with E-state index in [-0.39, 0.29) is 40.3 Å². The molecule has 9 heteroatoms. The number of aromatic amines is 2. The highest BCUT2D eigenvalue weighted by Crippen LogP contribution is 2.50. The first-order valence-electron chi connectivity index (χ1n) is 12.4. The van der Waals surface area contributed by atoms with Gasteiger partial charge in [-0.2, -0.15) is 10.1 Å². The second-order valence-corrected chi connectivity index (χ2v) is 10.2. The van der Waals surface area contributed by atoms with Crippen LogP contribution in [0.3, 0.4) is 0 Å². The van der Waals surface area contributed by atoms with Crippen LogP contribution in [0.15, 0.2) is 53.2 Å². The zero-order valence-corrected chi connectivity index (χ0v) is 19.7. The van der Waals surface area contributed by atoms with Crippen molar-refractivity contribution in [2.24, 2.45) is 11.1 Å². The summed E-state index contributed by atoms with van der Waals surface area (Å²) in [6.07, 6.45) is 5.28. The maximum absolute atomic E-state index is 15.0. The molecule has 36 heavy (non-hydrogen) atoms. The van der Waals surface area contributed by atoms with Crippen LogP contribution in [0.4, 0.5) is 10.3 Å². The monoisotopic (exact) mass is 483 g/mol. The van der Waals surface area contributed by atoms with Gasteiger partial charge in [0.05, 0.1) is 0 Å². The van der Waals surface area contributed by atoms with Gasteiger partial charge in [0.1, 0.15) is 16.9 Å². The van der Waals surface area contributed by atoms with Crippen LogP contribution < -0.4 is 16.2 Å². The molecule has 4 heterocycles. The molecule has 3 aliphatic rings. The molecule has 0 radical (unpaired) electrons. The average Bonchev–Trinajstić information content (AvgIpc) is 3.44. The molecule has 7 rings (SSSR count). The van der Waals surface area contributed by atoms with Crippen molar-refractivity contribution in [1.29, 1.82) is 0 Å². The Hall–Kier alpha value is -3.85. The van der Waals surface area contributed by atoms with Gasteiger partial charge in [-0.15, -0.1) is 0 Å². The third-order valence-corrected chi connectivity index (χ3v) is 8.32. The lowest BCUT2D eigenvalue weighted by Crippen LogP contribution is -2.45. The number of anilines is 1. The number of pyridine rings is 1. The van der Waals surface area contributed by atoms with E-state index in [1.165, 1.54) is 11.1 Å². The van der Waals surface area contributed by atoms with Crippen LogP contribution in [0.25, 0.3) is 16.6 Å². The summed E-state index contributed by atoms with van der Waals surface area (Å²) in [4.78, 5) is 27.4. The van der Waals surface area contributed by atoms with E-state index in [0.717, 1.165) is 38.0 Å². The van der Waals surface area contributed by atoms with Crippen molar-refractivity contribution in [2.75, 3.05) is 18.0 Å². The van der Waals surface area contributed by atoms with Crippen molar-refractivity contribution in [3.8, 4) is 0 Å². The lowest BCUT2D eigenvalue weighted by atomic mass is 9.73. The Balaban J connectivity index is 1.20. The third kappa shape index (κ3) is 3.08. The van der Waals surface area contributed by atoms with Crippen molar-refractivity contribution in [1.82, 2.24) is 25.1 Å². The summed E-state index contributed by atoms with van der Waals surface area (Å²) in [6.45, 7) is 1.49. The number of halogens is 1. The summed E-state index contributed by atoms with van der Waals surface area (Å²) in [7, 11) is 0. The molecule has 3 aromatic heterocycles. The molecule has 4 N–H and O–H groups in total. The summed E-state index contributed by atoms with van der Waals surface area (Å²) in [6, 6.07) is 12.1. The number of nitrogens with one attached hydrogen (secondary N) is 2. The maximum Gasteiger partial charge on any atom is 0.264 e. The van der Waals surface area contributed by atoms with Gasteiger partial charge < -0.3 is 10.6 Å². The van der Waals surface area contributed by atoms with Crippen molar-refractivity contribution >= 4 is 22.6 Å². The molecule has 182 valence electrons. The largest absolute Gasteiger partial charge is 0.342 e. The Labute approximate surface area is 206 Å². The number of hydrogen-bond donors (Lipinski definition) is 3. The first kappa shape index (κ1) is 21.4. The summed E-state index contributed by atoms with van der Waals surface area (Å²) < 4.78 is 15.0. The number of hydrogen-bond acceptors (Lipinski definition) is 6. The van der Waals surface area contributed by atoms with Gasteiger partial charge in [-0.1, -0.05) is 30.3 Å². The first-order chi connectivity index (χ1) is 17.5. The topological polar surface area (TPSA) is 117 Å². The molecular formula is C27H26FN7O. The van der Waals surface area contributed by atoms with Gasteiger partial charge in [0.15, 0.2) is 5.65 Å². The number of benzene rings is 1. The normalized spacial score (nSPS) is 20.7. The van der Waals surface area contributed by atoms with Crippen LogP contribution in [-0.2, 0) is 12.8 Å². The van der Waals surface area contributed by atoms with E-state index in [4.69, 9.17) is 10.7 Å². The maximum atomic E-state index is 15.0. The number of aryl methyl sites for hydroxylation is 1. The SMILES string of the molecule is N[C@@H]1c2ccccc2CC12CCN(c1nc3[nH]nc(C4=C(F)CCc5ncccc54)c3c(=O)[nH]1)CC2. The summed E-state index contributed by atoms with van der Waals surface area (Å²) in [5, 5.41) is 7.48. The van der Waals surface area contributed by atoms with Crippen LogP contribution in [0.5, 0.6) is 0 Å². The van der Waals surface area contributed by atoms with E-state index in [2.05, 4.69) is 49.3 Å². The molecule has 1 saturated heterocycles. The number of H-pyrrole nitrogens is 2. The highest BCUT2D eigenvalue weighted by molar-refractivity contribution is 5.94. The molecule has 2 aliphatic carbocycles. The predicted octanol–water partition coefficient (Wildman–Crippen LogP) is 3.56. The molecule has 1 aromatic carbocycles. The van der Waals surface area contributed by atoms with Gasteiger partial charge in [-0.25, -0.2) is 4.39 Å². The second kappa shape index (κ2) is 7.83. The zero-order valence-electron chi connectivity index (χ0n) is 19.7. The third-order valence-electron chi connectivity index (χ3n) is 8.32. The number of aromatic nitrogens is 5. The van der Waals surface area contributed by atoms with Crippen molar-refractivity contribution in [3.63, 3.8) is 0 Å². The molecule has 8 nitrogen and oxygen atoms in total. The van der Waals surface area contributed by atoms with Gasteiger partial charge in [-0.05, 0) is 48.3 Å². The molecule has 1 atom stereocenters. The molecule has 1 aliphatic heterocycles. The van der Waals surface area contributed by atoms with E-state index in [0.29, 0.717) is 29.2 Å².